The minimum absolute atomic E-state index is 0.247. The molecule has 2 unspecified atom stereocenters. The van der Waals surface area contributed by atoms with Gasteiger partial charge in [-0.25, -0.2) is 9.97 Å². The molecule has 1 aromatic carbocycles. The van der Waals surface area contributed by atoms with Crippen molar-refractivity contribution < 1.29 is 9.35 Å². The molecule has 0 aliphatic rings. The van der Waals surface area contributed by atoms with E-state index in [1.165, 1.54) is 12.5 Å². The number of amides is 1. The van der Waals surface area contributed by atoms with Gasteiger partial charge in [-0.2, -0.15) is 26.8 Å². The fourth-order valence-corrected chi connectivity index (χ4v) is 4.37. The SMILES string of the molecule is CSCCN(C(=O)c1cc(Cl)cc([S+](C)[O-])c1)C(C)c1ncnn1-c1ccc(C#N)cn1. The van der Waals surface area contributed by atoms with Crippen LogP contribution >= 0.6 is 23.4 Å². The van der Waals surface area contributed by atoms with Crippen molar-refractivity contribution >= 4 is 40.4 Å². The van der Waals surface area contributed by atoms with E-state index in [9.17, 15) is 9.35 Å². The molecule has 2 heterocycles. The number of pyridine rings is 1. The lowest BCUT2D eigenvalue weighted by molar-refractivity contribution is 0.0695. The molecule has 3 aromatic rings. The highest BCUT2D eigenvalue weighted by Gasteiger charge is 2.28. The Morgan fingerprint density at radius 3 is 2.78 bits per heavy atom. The Morgan fingerprint density at radius 2 is 2.16 bits per heavy atom. The molecule has 0 radical (unpaired) electrons. The lowest BCUT2D eigenvalue weighted by atomic mass is 10.1. The van der Waals surface area contributed by atoms with Crippen LogP contribution in [0.1, 0.15) is 34.7 Å². The van der Waals surface area contributed by atoms with E-state index >= 15 is 0 Å². The molecule has 0 aliphatic heterocycles. The van der Waals surface area contributed by atoms with Crippen LogP contribution in [-0.2, 0) is 11.2 Å². The van der Waals surface area contributed by atoms with Crippen LogP contribution in [-0.4, -0.2) is 59.9 Å². The van der Waals surface area contributed by atoms with Gasteiger partial charge in [0.15, 0.2) is 16.5 Å². The molecule has 2 aromatic heterocycles. The fourth-order valence-electron chi connectivity index (χ4n) is 3.11. The fraction of sp³-hybridized carbons (Fsp3) is 0.286. The second-order valence-electron chi connectivity index (χ2n) is 6.84. The highest BCUT2D eigenvalue weighted by atomic mass is 35.5. The maximum absolute atomic E-state index is 13.5. The summed E-state index contributed by atoms with van der Waals surface area (Å²) in [6, 6.07) is 9.69. The molecule has 8 nitrogen and oxygen atoms in total. The number of nitriles is 1. The Balaban J connectivity index is 1.97. The zero-order chi connectivity index (χ0) is 23.3. The van der Waals surface area contributed by atoms with Crippen molar-refractivity contribution in [2.75, 3.05) is 24.8 Å². The number of halogens is 1. The van der Waals surface area contributed by atoms with Crippen LogP contribution in [0.4, 0.5) is 0 Å². The number of carbonyl (C=O) groups is 1. The topological polar surface area (TPSA) is 111 Å². The maximum atomic E-state index is 13.5. The van der Waals surface area contributed by atoms with Crippen LogP contribution in [0.15, 0.2) is 47.8 Å². The van der Waals surface area contributed by atoms with Crippen molar-refractivity contribution in [3.63, 3.8) is 0 Å². The average molecular weight is 489 g/mol. The normalized spacial score (nSPS) is 12.8. The van der Waals surface area contributed by atoms with Gasteiger partial charge < -0.3 is 9.45 Å². The largest absolute Gasteiger partial charge is 0.612 e. The lowest BCUT2D eigenvalue weighted by Crippen LogP contribution is -2.37. The predicted octanol–water partition coefficient (Wildman–Crippen LogP) is 3.49. The lowest BCUT2D eigenvalue weighted by Gasteiger charge is -2.29. The predicted molar refractivity (Wildman–Crippen MR) is 125 cm³/mol. The second-order valence-corrected chi connectivity index (χ2v) is 9.65. The first kappa shape index (κ1) is 24.1. The van der Waals surface area contributed by atoms with Crippen LogP contribution in [0.5, 0.6) is 0 Å². The minimum Gasteiger partial charge on any atom is -0.612 e. The third-order valence-electron chi connectivity index (χ3n) is 4.76. The Bertz CT molecular complexity index is 1130. The molecule has 3 rings (SSSR count). The summed E-state index contributed by atoms with van der Waals surface area (Å²) in [6.45, 7) is 2.33. The van der Waals surface area contributed by atoms with Gasteiger partial charge in [-0.3, -0.25) is 4.79 Å². The Labute approximate surface area is 198 Å². The van der Waals surface area contributed by atoms with Gasteiger partial charge in [0.05, 0.1) is 11.6 Å². The molecule has 2 atom stereocenters. The van der Waals surface area contributed by atoms with Crippen molar-refractivity contribution in [1.82, 2.24) is 24.6 Å². The summed E-state index contributed by atoms with van der Waals surface area (Å²) in [5, 5.41) is 13.6. The first-order chi connectivity index (χ1) is 15.3. The van der Waals surface area contributed by atoms with Gasteiger partial charge in [0, 0.05) is 41.2 Å². The quantitative estimate of drug-likeness (QED) is 0.446. The van der Waals surface area contributed by atoms with E-state index in [0.29, 0.717) is 45.0 Å². The van der Waals surface area contributed by atoms with Crippen LogP contribution in [0.25, 0.3) is 5.82 Å². The molecule has 0 saturated carbocycles. The summed E-state index contributed by atoms with van der Waals surface area (Å²) >= 11 is 6.53. The summed E-state index contributed by atoms with van der Waals surface area (Å²) < 4.78 is 13.5. The molecular weight excluding hydrogens is 468 g/mol. The standard InChI is InChI=1S/C21H21ClN6O2S2/c1-14(20-25-13-26-28(20)19-5-4-15(11-23)12-24-19)27(6-7-31-2)21(29)16-8-17(22)10-18(9-16)32(3)30/h4-5,8-10,12-14H,6-7H2,1-3H3. The Kier molecular flexibility index (Phi) is 8.15. The molecule has 32 heavy (non-hydrogen) atoms. The number of benzene rings is 1. The molecule has 0 N–H and O–H groups in total. The third kappa shape index (κ3) is 5.42. The molecular formula is C21H21ClN6O2S2. The van der Waals surface area contributed by atoms with Crippen LogP contribution in [0.2, 0.25) is 5.02 Å². The van der Waals surface area contributed by atoms with Crippen molar-refractivity contribution in [2.24, 2.45) is 0 Å². The molecule has 0 bridgehead atoms. The number of nitrogens with zero attached hydrogens (tertiary/aromatic N) is 6. The smallest absolute Gasteiger partial charge is 0.254 e. The van der Waals surface area contributed by atoms with Gasteiger partial charge in [0.2, 0.25) is 0 Å². The molecule has 11 heteroatoms. The number of carbonyl (C=O) groups excluding carboxylic acids is 1. The van der Waals surface area contributed by atoms with E-state index in [1.807, 2.05) is 19.2 Å². The van der Waals surface area contributed by atoms with Crippen molar-refractivity contribution in [2.45, 2.75) is 17.9 Å². The number of aromatic nitrogens is 4. The van der Waals surface area contributed by atoms with E-state index in [0.717, 1.165) is 0 Å². The number of hydrogen-bond donors (Lipinski definition) is 0. The van der Waals surface area contributed by atoms with Gasteiger partial charge in [0.25, 0.3) is 5.91 Å². The Hall–Kier alpha value is -2.58. The monoisotopic (exact) mass is 488 g/mol. The Morgan fingerprint density at radius 1 is 1.38 bits per heavy atom. The van der Waals surface area contributed by atoms with Crippen molar-refractivity contribution in [1.29, 1.82) is 5.26 Å². The van der Waals surface area contributed by atoms with Crippen LogP contribution in [0, 0.1) is 11.3 Å². The third-order valence-corrected chi connectivity index (χ3v) is 6.47. The molecule has 1 amide bonds. The summed E-state index contributed by atoms with van der Waals surface area (Å²) in [4.78, 5) is 24.3. The van der Waals surface area contributed by atoms with Gasteiger partial charge in [-0.05, 0) is 42.6 Å². The molecule has 0 fully saturated rings. The van der Waals surface area contributed by atoms with Crippen LogP contribution < -0.4 is 0 Å². The number of hydrogen-bond acceptors (Lipinski definition) is 7. The van der Waals surface area contributed by atoms with E-state index < -0.39 is 17.2 Å². The first-order valence-corrected chi connectivity index (χ1v) is 12.9. The molecule has 0 aliphatic carbocycles. The van der Waals surface area contributed by atoms with Crippen molar-refractivity contribution in [3.05, 3.63) is 64.8 Å². The zero-order valence-electron chi connectivity index (χ0n) is 17.7. The zero-order valence-corrected chi connectivity index (χ0v) is 20.1. The van der Waals surface area contributed by atoms with E-state index in [-0.39, 0.29) is 5.91 Å². The first-order valence-electron chi connectivity index (χ1n) is 9.56. The minimum atomic E-state index is -1.27. The summed E-state index contributed by atoms with van der Waals surface area (Å²) in [5.74, 6) is 1.49. The van der Waals surface area contributed by atoms with Gasteiger partial charge in [0.1, 0.15) is 18.7 Å². The van der Waals surface area contributed by atoms with E-state index in [2.05, 4.69) is 15.1 Å². The highest BCUT2D eigenvalue weighted by Crippen LogP contribution is 2.26. The van der Waals surface area contributed by atoms with Gasteiger partial charge in [-0.1, -0.05) is 11.6 Å². The van der Waals surface area contributed by atoms with E-state index in [1.54, 1.807) is 57.9 Å². The number of thioether (sulfide) groups is 1. The summed E-state index contributed by atoms with van der Waals surface area (Å²) in [5.41, 5.74) is 0.795. The van der Waals surface area contributed by atoms with Gasteiger partial charge >= 0.3 is 0 Å². The summed E-state index contributed by atoms with van der Waals surface area (Å²) in [7, 11) is 0. The average Bonchev–Trinajstić information content (AvgIpc) is 3.28. The van der Waals surface area contributed by atoms with Crippen LogP contribution in [0.3, 0.4) is 0 Å². The second kappa shape index (κ2) is 10.8. The highest BCUT2D eigenvalue weighted by molar-refractivity contribution is 7.98. The molecule has 0 spiro atoms. The number of rotatable bonds is 8. The van der Waals surface area contributed by atoms with Gasteiger partial charge in [-0.15, -0.1) is 0 Å². The molecule has 166 valence electrons. The summed E-state index contributed by atoms with van der Waals surface area (Å²) in [6.07, 6.45) is 6.37. The van der Waals surface area contributed by atoms with E-state index in [4.69, 9.17) is 16.9 Å². The van der Waals surface area contributed by atoms with Crippen molar-refractivity contribution in [3.8, 4) is 11.9 Å². The molecule has 0 saturated heterocycles. The maximum Gasteiger partial charge on any atom is 0.254 e.